The predicted molar refractivity (Wildman–Crippen MR) is 50.1 cm³/mol. The van der Waals surface area contributed by atoms with Crippen molar-refractivity contribution in [3.05, 3.63) is 12.2 Å². The molecule has 1 aliphatic rings. The van der Waals surface area contributed by atoms with Crippen molar-refractivity contribution < 1.29 is 22.0 Å². The molecule has 1 fully saturated rings. The van der Waals surface area contributed by atoms with Crippen LogP contribution in [0, 0.1) is 5.92 Å². The van der Waals surface area contributed by atoms with Gasteiger partial charge in [0, 0.05) is 18.7 Å². The van der Waals surface area contributed by atoms with E-state index < -0.39 is 18.1 Å². The van der Waals surface area contributed by atoms with Gasteiger partial charge in [-0.1, -0.05) is 6.58 Å². The molecule has 1 saturated heterocycles. The first-order valence-electron chi connectivity index (χ1n) is 5.01. The van der Waals surface area contributed by atoms with Gasteiger partial charge in [0.25, 0.3) is 0 Å². The fraction of sp³-hybridized carbons (Fsp3) is 0.800. The number of piperidine rings is 1. The molecule has 0 bridgehead atoms. The van der Waals surface area contributed by atoms with Crippen LogP contribution in [0.25, 0.3) is 0 Å². The molecule has 1 aliphatic heterocycles. The van der Waals surface area contributed by atoms with Gasteiger partial charge in [-0.05, 0) is 19.8 Å². The van der Waals surface area contributed by atoms with Gasteiger partial charge in [-0.15, -0.1) is 0 Å². The number of nitrogens with zero attached hydrogens (tertiary/aromatic N) is 1. The zero-order valence-electron chi connectivity index (χ0n) is 8.95. The largest absolute Gasteiger partial charge is 0.391 e. The van der Waals surface area contributed by atoms with Gasteiger partial charge < -0.3 is 0 Å². The molecule has 0 aromatic heterocycles. The van der Waals surface area contributed by atoms with Crippen molar-refractivity contribution in [3.8, 4) is 0 Å². The average molecular weight is 243 g/mol. The van der Waals surface area contributed by atoms with Crippen LogP contribution in [-0.4, -0.2) is 30.2 Å². The van der Waals surface area contributed by atoms with Crippen LogP contribution < -0.4 is 0 Å². The van der Waals surface area contributed by atoms with Crippen molar-refractivity contribution in [1.82, 2.24) is 4.90 Å². The van der Waals surface area contributed by atoms with Crippen LogP contribution in [0.1, 0.15) is 19.8 Å². The van der Waals surface area contributed by atoms with Gasteiger partial charge in [0.1, 0.15) is 0 Å². The molecule has 1 nitrogen and oxygen atoms in total. The maximum Gasteiger partial charge on any atom is 0.391 e. The molecule has 16 heavy (non-hydrogen) atoms. The second kappa shape index (κ2) is 4.31. The maximum absolute atomic E-state index is 13.4. The van der Waals surface area contributed by atoms with E-state index >= 15 is 0 Å². The summed E-state index contributed by atoms with van der Waals surface area (Å²) in [6.07, 6.45) is -4.82. The minimum Gasteiger partial charge on any atom is -0.241 e. The number of rotatable bonds is 2. The third kappa shape index (κ3) is 2.72. The van der Waals surface area contributed by atoms with Crippen LogP contribution in [0.2, 0.25) is 0 Å². The Morgan fingerprint density at radius 3 is 1.88 bits per heavy atom. The first-order chi connectivity index (χ1) is 7.15. The summed E-state index contributed by atoms with van der Waals surface area (Å²) in [5.74, 6) is -1.45. The SMILES string of the molecule is C=C(C)C(F)(F)N1CCC(C(F)(F)F)CC1. The van der Waals surface area contributed by atoms with Crippen LogP contribution in [0.4, 0.5) is 22.0 Å². The Labute approximate surface area is 90.9 Å². The Balaban J connectivity index is 2.59. The smallest absolute Gasteiger partial charge is 0.241 e. The fourth-order valence-corrected chi connectivity index (χ4v) is 1.76. The average Bonchev–Trinajstić information content (AvgIpc) is 2.16. The summed E-state index contributed by atoms with van der Waals surface area (Å²) in [4.78, 5) is 0.761. The van der Waals surface area contributed by atoms with E-state index in [0.717, 1.165) is 4.90 Å². The molecule has 0 aliphatic carbocycles. The Kier molecular flexibility index (Phi) is 3.62. The van der Waals surface area contributed by atoms with Gasteiger partial charge >= 0.3 is 12.2 Å². The molecule has 0 unspecified atom stereocenters. The third-order valence-corrected chi connectivity index (χ3v) is 2.87. The second-order valence-corrected chi connectivity index (χ2v) is 4.12. The summed E-state index contributed by atoms with van der Waals surface area (Å²) in [7, 11) is 0. The summed E-state index contributed by atoms with van der Waals surface area (Å²) in [5.41, 5.74) is -0.335. The van der Waals surface area contributed by atoms with E-state index in [2.05, 4.69) is 6.58 Å². The number of hydrogen-bond donors (Lipinski definition) is 0. The molecule has 0 radical (unpaired) electrons. The Hall–Kier alpha value is -0.650. The summed E-state index contributed by atoms with van der Waals surface area (Å²) in [6, 6.07) is -3.20. The molecule has 0 saturated carbocycles. The first kappa shape index (κ1) is 13.4. The van der Waals surface area contributed by atoms with E-state index in [0.29, 0.717) is 0 Å². The van der Waals surface area contributed by atoms with Crippen molar-refractivity contribution in [3.63, 3.8) is 0 Å². The van der Waals surface area contributed by atoms with Crippen molar-refractivity contribution in [2.45, 2.75) is 32.0 Å². The van der Waals surface area contributed by atoms with Crippen LogP contribution >= 0.6 is 0 Å². The van der Waals surface area contributed by atoms with Gasteiger partial charge in [-0.2, -0.15) is 22.0 Å². The topological polar surface area (TPSA) is 3.24 Å². The molecule has 1 heterocycles. The molecule has 1 rings (SSSR count). The second-order valence-electron chi connectivity index (χ2n) is 4.12. The monoisotopic (exact) mass is 243 g/mol. The number of hydrogen-bond acceptors (Lipinski definition) is 1. The standard InChI is InChI=1S/C10H14F5N/c1-7(2)10(14,15)16-5-3-8(4-6-16)9(11,12)13/h8H,1,3-6H2,2H3. The Morgan fingerprint density at radius 2 is 1.56 bits per heavy atom. The van der Waals surface area contributed by atoms with E-state index in [1.54, 1.807) is 0 Å². The van der Waals surface area contributed by atoms with Crippen LogP contribution in [0.3, 0.4) is 0 Å². The van der Waals surface area contributed by atoms with Crippen molar-refractivity contribution in [1.29, 1.82) is 0 Å². The number of alkyl halides is 5. The van der Waals surface area contributed by atoms with Gasteiger partial charge in [0.2, 0.25) is 0 Å². The highest BCUT2D eigenvalue weighted by Gasteiger charge is 2.46. The predicted octanol–water partition coefficient (Wildman–Crippen LogP) is 3.43. The van der Waals surface area contributed by atoms with Crippen molar-refractivity contribution >= 4 is 0 Å². The van der Waals surface area contributed by atoms with E-state index in [1.807, 2.05) is 0 Å². The molecule has 94 valence electrons. The normalized spacial score (nSPS) is 21.1. The lowest BCUT2D eigenvalue weighted by molar-refractivity contribution is -0.200. The van der Waals surface area contributed by atoms with E-state index in [1.165, 1.54) is 6.92 Å². The highest BCUT2D eigenvalue weighted by molar-refractivity contribution is 5.03. The molecule has 0 spiro atoms. The molecule has 0 aromatic carbocycles. The van der Waals surface area contributed by atoms with E-state index in [4.69, 9.17) is 0 Å². The Bertz CT molecular complexity index is 263. The lowest BCUT2D eigenvalue weighted by atomic mass is 9.95. The third-order valence-electron chi connectivity index (χ3n) is 2.87. The molecule has 0 aromatic rings. The quantitative estimate of drug-likeness (QED) is 0.408. The van der Waals surface area contributed by atoms with Crippen LogP contribution in [-0.2, 0) is 0 Å². The minimum atomic E-state index is -4.27. The lowest BCUT2D eigenvalue weighted by Gasteiger charge is -2.37. The minimum absolute atomic E-state index is 0.246. The molecule has 6 heteroatoms. The van der Waals surface area contributed by atoms with Crippen LogP contribution in [0.5, 0.6) is 0 Å². The molecule has 0 amide bonds. The van der Waals surface area contributed by atoms with Gasteiger partial charge in [0.15, 0.2) is 0 Å². The number of likely N-dealkylation sites (tertiary alicyclic amines) is 1. The van der Waals surface area contributed by atoms with Gasteiger partial charge in [-0.25, -0.2) is 4.90 Å². The van der Waals surface area contributed by atoms with Gasteiger partial charge in [-0.3, -0.25) is 0 Å². The summed E-state index contributed by atoms with van der Waals surface area (Å²) < 4.78 is 63.7. The summed E-state index contributed by atoms with van der Waals surface area (Å²) in [6.45, 7) is 3.84. The van der Waals surface area contributed by atoms with Gasteiger partial charge in [0.05, 0.1) is 5.92 Å². The maximum atomic E-state index is 13.4. The van der Waals surface area contributed by atoms with Crippen molar-refractivity contribution in [2.24, 2.45) is 5.92 Å². The van der Waals surface area contributed by atoms with Crippen LogP contribution in [0.15, 0.2) is 12.2 Å². The highest BCUT2D eigenvalue weighted by Crippen LogP contribution is 2.37. The Morgan fingerprint density at radius 1 is 1.12 bits per heavy atom. The fourth-order valence-electron chi connectivity index (χ4n) is 1.76. The molecular weight excluding hydrogens is 229 g/mol. The van der Waals surface area contributed by atoms with E-state index in [-0.39, 0.29) is 31.5 Å². The zero-order valence-corrected chi connectivity index (χ0v) is 8.95. The molecule has 0 N–H and O–H groups in total. The lowest BCUT2D eigenvalue weighted by Crippen LogP contribution is -2.48. The zero-order chi connectivity index (χ0) is 12.6. The van der Waals surface area contributed by atoms with E-state index in [9.17, 15) is 22.0 Å². The number of halogens is 5. The molecule has 0 atom stereocenters. The first-order valence-corrected chi connectivity index (χ1v) is 5.01. The highest BCUT2D eigenvalue weighted by atomic mass is 19.4. The summed E-state index contributed by atoms with van der Waals surface area (Å²) >= 11 is 0. The van der Waals surface area contributed by atoms with Crippen molar-refractivity contribution in [2.75, 3.05) is 13.1 Å². The molecular formula is C10H14F5N. The summed E-state index contributed by atoms with van der Waals surface area (Å²) in [5, 5.41) is 0.